The number of carbonyl (C=O) groups excluding carboxylic acids is 3. The van der Waals surface area contributed by atoms with Crippen LogP contribution in [0.2, 0.25) is 0 Å². The minimum Gasteiger partial charge on any atom is -0.462 e. The molecule has 0 aliphatic carbocycles. The predicted molar refractivity (Wildman–Crippen MR) is 274 cm³/mol. The molecule has 0 aromatic carbocycles. The molecule has 6 heteroatoms. The molecule has 0 N–H and O–H groups in total. The van der Waals surface area contributed by atoms with Gasteiger partial charge in [0.15, 0.2) is 6.10 Å². The molecule has 0 heterocycles. The molecule has 0 amide bonds. The van der Waals surface area contributed by atoms with Crippen LogP contribution in [0.15, 0.2) is 109 Å². The third-order valence-electron chi connectivity index (χ3n) is 10.5. The zero-order valence-corrected chi connectivity index (χ0v) is 41.3. The zero-order chi connectivity index (χ0) is 46.5. The normalized spacial score (nSPS) is 13.0. The van der Waals surface area contributed by atoms with Gasteiger partial charge in [-0.3, -0.25) is 14.4 Å². The number of ether oxygens (including phenoxy) is 3. The Balaban J connectivity index is 4.52. The molecule has 0 aromatic rings. The summed E-state index contributed by atoms with van der Waals surface area (Å²) in [6, 6.07) is 0. The molecule has 0 spiro atoms. The van der Waals surface area contributed by atoms with Crippen LogP contribution in [0.25, 0.3) is 0 Å². The lowest BCUT2D eigenvalue weighted by molar-refractivity contribution is -0.167. The molecule has 0 radical (unpaired) electrons. The Hall–Kier alpha value is -3.93. The van der Waals surface area contributed by atoms with Crippen molar-refractivity contribution in [1.29, 1.82) is 0 Å². The fourth-order valence-electron chi connectivity index (χ4n) is 6.68. The van der Waals surface area contributed by atoms with E-state index in [1.807, 2.05) is 0 Å². The van der Waals surface area contributed by atoms with E-state index in [0.29, 0.717) is 19.3 Å². The predicted octanol–water partition coefficient (Wildman–Crippen LogP) is 17.1. The van der Waals surface area contributed by atoms with Crippen LogP contribution < -0.4 is 0 Å². The Morgan fingerprint density at radius 2 is 0.672 bits per heavy atom. The van der Waals surface area contributed by atoms with Crippen molar-refractivity contribution >= 4 is 17.9 Å². The van der Waals surface area contributed by atoms with Crippen LogP contribution in [0.1, 0.15) is 220 Å². The maximum atomic E-state index is 12.8. The van der Waals surface area contributed by atoms with E-state index < -0.39 is 6.10 Å². The van der Waals surface area contributed by atoms with E-state index in [-0.39, 0.29) is 37.5 Å². The molecule has 0 aromatic heterocycles. The summed E-state index contributed by atoms with van der Waals surface area (Å²) >= 11 is 0. The van der Waals surface area contributed by atoms with Gasteiger partial charge in [-0.1, -0.05) is 201 Å². The van der Waals surface area contributed by atoms with Crippen molar-refractivity contribution in [2.45, 2.75) is 226 Å². The van der Waals surface area contributed by atoms with Gasteiger partial charge < -0.3 is 14.2 Å². The molecule has 0 bridgehead atoms. The van der Waals surface area contributed by atoms with Gasteiger partial charge in [0.2, 0.25) is 0 Å². The molecule has 0 saturated heterocycles. The van der Waals surface area contributed by atoms with Crippen molar-refractivity contribution < 1.29 is 28.6 Å². The molecule has 0 aliphatic rings. The number of unbranched alkanes of at least 4 members (excludes halogenated alkanes) is 17. The van der Waals surface area contributed by atoms with Crippen LogP contribution in [0.3, 0.4) is 0 Å². The molecule has 0 saturated carbocycles. The van der Waals surface area contributed by atoms with E-state index in [0.717, 1.165) is 116 Å². The maximum Gasteiger partial charge on any atom is 0.306 e. The van der Waals surface area contributed by atoms with Crippen molar-refractivity contribution in [2.75, 3.05) is 13.2 Å². The average molecular weight is 887 g/mol. The second-order valence-corrected chi connectivity index (χ2v) is 16.7. The summed E-state index contributed by atoms with van der Waals surface area (Å²) in [6.45, 7) is 6.31. The van der Waals surface area contributed by atoms with Crippen molar-refractivity contribution in [3.63, 3.8) is 0 Å². The van der Waals surface area contributed by atoms with E-state index in [4.69, 9.17) is 14.2 Å². The van der Waals surface area contributed by atoms with E-state index in [1.165, 1.54) is 57.8 Å². The molecule has 64 heavy (non-hydrogen) atoms. The van der Waals surface area contributed by atoms with Crippen LogP contribution >= 0.6 is 0 Å². The maximum absolute atomic E-state index is 12.8. The first-order valence-corrected chi connectivity index (χ1v) is 25.9. The Kier molecular flexibility index (Phi) is 48.5. The molecular formula is C58H94O6. The monoisotopic (exact) mass is 887 g/mol. The van der Waals surface area contributed by atoms with Crippen LogP contribution in [0.4, 0.5) is 0 Å². The number of hydrogen-bond donors (Lipinski definition) is 0. The average Bonchev–Trinajstić information content (AvgIpc) is 3.29. The van der Waals surface area contributed by atoms with Gasteiger partial charge >= 0.3 is 17.9 Å². The Labute approximate surface area is 393 Å². The van der Waals surface area contributed by atoms with Gasteiger partial charge in [-0.25, -0.2) is 0 Å². The smallest absolute Gasteiger partial charge is 0.306 e. The topological polar surface area (TPSA) is 78.9 Å². The number of esters is 3. The minimum atomic E-state index is -0.812. The Bertz CT molecular complexity index is 1340. The summed E-state index contributed by atoms with van der Waals surface area (Å²) in [5, 5.41) is 0. The lowest BCUT2D eigenvalue weighted by Crippen LogP contribution is -2.30. The van der Waals surface area contributed by atoms with Gasteiger partial charge in [0.25, 0.3) is 0 Å². The second-order valence-electron chi connectivity index (χ2n) is 16.7. The quantitative estimate of drug-likeness (QED) is 0.0199. The van der Waals surface area contributed by atoms with E-state index in [1.54, 1.807) is 0 Å². The fraction of sp³-hybridized carbons (Fsp3) is 0.638. The molecule has 1 atom stereocenters. The zero-order valence-electron chi connectivity index (χ0n) is 41.3. The fourth-order valence-corrected chi connectivity index (χ4v) is 6.68. The van der Waals surface area contributed by atoms with Gasteiger partial charge in [-0.15, -0.1) is 0 Å². The summed E-state index contributed by atoms with van der Waals surface area (Å²) in [7, 11) is 0. The summed E-state index contributed by atoms with van der Waals surface area (Å²) in [4.78, 5) is 38.0. The number of carbonyl (C=O) groups is 3. The van der Waals surface area contributed by atoms with Crippen molar-refractivity contribution in [1.82, 2.24) is 0 Å². The third kappa shape index (κ3) is 49.1. The summed E-state index contributed by atoms with van der Waals surface area (Å²) < 4.78 is 16.7. The van der Waals surface area contributed by atoms with Crippen LogP contribution in [-0.4, -0.2) is 37.2 Å². The summed E-state index contributed by atoms with van der Waals surface area (Å²) in [5.41, 5.74) is 0. The van der Waals surface area contributed by atoms with Gasteiger partial charge in [0.1, 0.15) is 13.2 Å². The second kappa shape index (κ2) is 51.7. The SMILES string of the molecule is CC/C=C\C/C=C\C/C=C\C/C=C\C/C=C\CCCC(=O)OCC(COC(=O)CCCCCCCCC/C=C\C/C=C\CC)OC(=O)CCCCCCCC/C=C\C=C/CCCCC. The molecule has 1 unspecified atom stereocenters. The summed E-state index contributed by atoms with van der Waals surface area (Å²) in [5.74, 6) is -0.992. The van der Waals surface area contributed by atoms with Crippen molar-refractivity contribution in [3.8, 4) is 0 Å². The van der Waals surface area contributed by atoms with Crippen LogP contribution in [0, 0.1) is 0 Å². The van der Waals surface area contributed by atoms with E-state index in [9.17, 15) is 14.4 Å². The molecular weight excluding hydrogens is 793 g/mol. The minimum absolute atomic E-state index is 0.107. The van der Waals surface area contributed by atoms with Crippen LogP contribution in [-0.2, 0) is 28.6 Å². The Morgan fingerprint density at radius 3 is 1.11 bits per heavy atom. The van der Waals surface area contributed by atoms with E-state index in [2.05, 4.69) is 130 Å². The molecule has 0 rings (SSSR count). The first-order chi connectivity index (χ1) is 31.5. The highest BCUT2D eigenvalue weighted by Gasteiger charge is 2.19. The highest BCUT2D eigenvalue weighted by molar-refractivity contribution is 5.71. The molecule has 0 aliphatic heterocycles. The lowest BCUT2D eigenvalue weighted by atomic mass is 10.1. The number of rotatable bonds is 45. The molecule has 362 valence electrons. The highest BCUT2D eigenvalue weighted by atomic mass is 16.6. The van der Waals surface area contributed by atoms with Gasteiger partial charge in [0, 0.05) is 19.3 Å². The first-order valence-electron chi connectivity index (χ1n) is 25.9. The van der Waals surface area contributed by atoms with Gasteiger partial charge in [-0.2, -0.15) is 0 Å². The van der Waals surface area contributed by atoms with Crippen molar-refractivity contribution in [3.05, 3.63) is 109 Å². The highest BCUT2D eigenvalue weighted by Crippen LogP contribution is 2.13. The summed E-state index contributed by atoms with van der Waals surface area (Å²) in [6.07, 6.45) is 69.3. The largest absolute Gasteiger partial charge is 0.462 e. The standard InChI is InChI=1S/C58H94O6/c1-4-7-10-13-16-19-22-25-28-29-31-33-36-39-42-45-48-51-57(60)63-54-55(53-62-56(59)50-47-44-41-38-35-32-27-24-21-18-15-12-9-6-3)64-58(61)52-49-46-43-40-37-34-30-26-23-20-17-14-11-8-5-2/h7,9-10,12,16-21,23,25-26,28,31,33,39,42,55H,4-6,8,11,13-15,22,24,27,29-30,32,34-38,40-41,43-54H2,1-3H3/b10-7-,12-9-,19-16-,20-17-,21-18-,26-23-,28-25-,33-31-,42-39-. The molecule has 6 nitrogen and oxygen atoms in total. The van der Waals surface area contributed by atoms with E-state index >= 15 is 0 Å². The first kappa shape index (κ1) is 60.1. The van der Waals surface area contributed by atoms with Crippen LogP contribution in [0.5, 0.6) is 0 Å². The molecule has 0 fully saturated rings. The van der Waals surface area contributed by atoms with Crippen molar-refractivity contribution in [2.24, 2.45) is 0 Å². The lowest BCUT2D eigenvalue weighted by Gasteiger charge is -2.18. The number of allylic oxidation sites excluding steroid dienone is 18. The third-order valence-corrected chi connectivity index (χ3v) is 10.5. The van der Waals surface area contributed by atoms with Gasteiger partial charge in [0.05, 0.1) is 0 Å². The number of hydrogen-bond acceptors (Lipinski definition) is 6. The van der Waals surface area contributed by atoms with Gasteiger partial charge in [-0.05, 0) is 109 Å². The Morgan fingerprint density at radius 1 is 0.344 bits per heavy atom.